The molecule has 4 rings (SSSR count). The number of carbonyl (C=O) groups excluding carboxylic acids is 2. The number of hydrogen-bond donors (Lipinski definition) is 0. The highest BCUT2D eigenvalue weighted by atomic mass is 19.1. The summed E-state index contributed by atoms with van der Waals surface area (Å²) >= 11 is 0. The fraction of sp³-hybridized carbons (Fsp3) is 0.619. The lowest BCUT2D eigenvalue weighted by Gasteiger charge is -2.46. The molecule has 1 aromatic carbocycles. The van der Waals surface area contributed by atoms with Gasteiger partial charge in [-0.25, -0.2) is 14.0 Å². The first-order valence-corrected chi connectivity index (χ1v) is 10.0. The van der Waals surface area contributed by atoms with Crippen LogP contribution in [-0.2, 0) is 20.6 Å². The summed E-state index contributed by atoms with van der Waals surface area (Å²) < 4.78 is 31.5. The van der Waals surface area contributed by atoms with Crippen LogP contribution in [0.3, 0.4) is 0 Å². The van der Waals surface area contributed by atoms with E-state index in [9.17, 15) is 9.59 Å². The molecule has 2 atom stereocenters. The molecule has 0 unspecified atom stereocenters. The molecule has 8 heteroatoms. The van der Waals surface area contributed by atoms with E-state index in [1.54, 1.807) is 17.0 Å². The number of hydrogen-bond acceptors (Lipinski definition) is 6. The molecular formula is C21H27FN2O5. The molecule has 3 aliphatic heterocycles. The fourth-order valence-corrected chi connectivity index (χ4v) is 4.11. The van der Waals surface area contributed by atoms with Gasteiger partial charge in [0.05, 0.1) is 30.9 Å². The van der Waals surface area contributed by atoms with Crippen molar-refractivity contribution in [1.29, 1.82) is 0 Å². The number of fused-ring (bicyclic) bond motifs is 2. The molecule has 0 N–H and O–H groups in total. The predicted octanol–water partition coefficient (Wildman–Crippen LogP) is 2.53. The molecule has 1 aromatic rings. The van der Waals surface area contributed by atoms with E-state index in [1.165, 1.54) is 0 Å². The normalized spacial score (nSPS) is 25.1. The topological polar surface area (TPSA) is 68.3 Å². The third-order valence-electron chi connectivity index (χ3n) is 5.57. The number of carbonyl (C=O) groups is 2. The average Bonchev–Trinajstić information content (AvgIpc) is 2.67. The smallest absolute Gasteiger partial charge is 0.410 e. The zero-order valence-electron chi connectivity index (χ0n) is 17.1. The predicted molar refractivity (Wildman–Crippen MR) is 102 cm³/mol. The SMILES string of the molecule is CC(C)(C)OC(=O)N1CCN2C[C@@H](c3ccc4c(c3F)CCOC4=O)OC[C@@H]2C1. The van der Waals surface area contributed by atoms with E-state index in [4.69, 9.17) is 14.2 Å². The van der Waals surface area contributed by atoms with Gasteiger partial charge in [-0.15, -0.1) is 0 Å². The number of cyclic esters (lactones) is 1. The molecule has 7 nitrogen and oxygen atoms in total. The minimum absolute atomic E-state index is 0.0585. The Bertz CT molecular complexity index is 822. The zero-order valence-corrected chi connectivity index (χ0v) is 17.1. The molecule has 0 bridgehead atoms. The lowest BCUT2D eigenvalue weighted by Crippen LogP contribution is -2.60. The number of halogens is 1. The van der Waals surface area contributed by atoms with Crippen molar-refractivity contribution in [2.75, 3.05) is 39.4 Å². The van der Waals surface area contributed by atoms with Crippen LogP contribution in [0.2, 0.25) is 0 Å². The molecule has 2 fully saturated rings. The van der Waals surface area contributed by atoms with Crippen LogP contribution in [0.25, 0.3) is 0 Å². The van der Waals surface area contributed by atoms with E-state index < -0.39 is 17.7 Å². The molecule has 158 valence electrons. The molecule has 0 saturated carbocycles. The van der Waals surface area contributed by atoms with Gasteiger partial charge in [-0.05, 0) is 26.8 Å². The summed E-state index contributed by atoms with van der Waals surface area (Å²) in [5.74, 6) is -0.838. The van der Waals surface area contributed by atoms with Gasteiger partial charge in [0.15, 0.2) is 0 Å². The van der Waals surface area contributed by atoms with Crippen LogP contribution in [0.5, 0.6) is 0 Å². The number of piperazine rings is 1. The Morgan fingerprint density at radius 2 is 2.03 bits per heavy atom. The number of benzene rings is 1. The number of rotatable bonds is 1. The van der Waals surface area contributed by atoms with Gasteiger partial charge < -0.3 is 19.1 Å². The van der Waals surface area contributed by atoms with Crippen molar-refractivity contribution in [2.45, 2.75) is 44.9 Å². The van der Waals surface area contributed by atoms with Gasteiger partial charge in [0.1, 0.15) is 11.4 Å². The molecule has 0 radical (unpaired) electrons. The van der Waals surface area contributed by atoms with Crippen molar-refractivity contribution < 1.29 is 28.2 Å². The van der Waals surface area contributed by atoms with E-state index in [0.717, 1.165) is 0 Å². The lowest BCUT2D eigenvalue weighted by molar-refractivity contribution is -0.0916. The Hall–Kier alpha value is -2.19. The van der Waals surface area contributed by atoms with Gasteiger partial charge in [0.25, 0.3) is 0 Å². The fourth-order valence-electron chi connectivity index (χ4n) is 4.11. The Morgan fingerprint density at radius 3 is 2.79 bits per heavy atom. The summed E-state index contributed by atoms with van der Waals surface area (Å²) in [6, 6.07) is 3.32. The highest BCUT2D eigenvalue weighted by molar-refractivity contribution is 5.92. The first-order valence-electron chi connectivity index (χ1n) is 10.0. The van der Waals surface area contributed by atoms with Gasteiger partial charge in [-0.2, -0.15) is 0 Å². The summed E-state index contributed by atoms with van der Waals surface area (Å²) in [5, 5.41) is 0. The van der Waals surface area contributed by atoms with Crippen molar-refractivity contribution in [3.63, 3.8) is 0 Å². The zero-order chi connectivity index (χ0) is 20.8. The second kappa shape index (κ2) is 7.57. The number of amides is 1. The minimum atomic E-state index is -0.529. The average molecular weight is 406 g/mol. The van der Waals surface area contributed by atoms with Gasteiger partial charge in [0.2, 0.25) is 0 Å². The molecule has 29 heavy (non-hydrogen) atoms. The van der Waals surface area contributed by atoms with E-state index in [-0.39, 0.29) is 24.6 Å². The van der Waals surface area contributed by atoms with E-state index >= 15 is 4.39 Å². The molecule has 1 amide bonds. The second-order valence-electron chi connectivity index (χ2n) is 8.78. The first-order chi connectivity index (χ1) is 13.7. The van der Waals surface area contributed by atoms with Crippen LogP contribution in [0.1, 0.15) is 48.4 Å². The summed E-state index contributed by atoms with van der Waals surface area (Å²) in [5.41, 5.74) is 0.668. The highest BCUT2D eigenvalue weighted by Crippen LogP contribution is 2.32. The lowest BCUT2D eigenvalue weighted by atomic mass is 9.95. The van der Waals surface area contributed by atoms with Crippen molar-refractivity contribution >= 4 is 12.1 Å². The van der Waals surface area contributed by atoms with Crippen LogP contribution >= 0.6 is 0 Å². The summed E-state index contributed by atoms with van der Waals surface area (Å²) in [7, 11) is 0. The summed E-state index contributed by atoms with van der Waals surface area (Å²) in [6.07, 6.45) is -0.334. The third kappa shape index (κ3) is 4.09. The third-order valence-corrected chi connectivity index (χ3v) is 5.57. The minimum Gasteiger partial charge on any atom is -0.462 e. The van der Waals surface area contributed by atoms with Crippen molar-refractivity contribution in [2.24, 2.45) is 0 Å². The van der Waals surface area contributed by atoms with Gasteiger partial charge in [-0.1, -0.05) is 6.07 Å². The van der Waals surface area contributed by atoms with Gasteiger partial charge in [-0.3, -0.25) is 4.90 Å². The van der Waals surface area contributed by atoms with Crippen molar-refractivity contribution in [1.82, 2.24) is 9.80 Å². The molecular weight excluding hydrogens is 379 g/mol. The Labute approximate surface area is 169 Å². The van der Waals surface area contributed by atoms with Gasteiger partial charge in [0, 0.05) is 43.7 Å². The van der Waals surface area contributed by atoms with E-state index in [2.05, 4.69) is 4.90 Å². The molecule has 0 aromatic heterocycles. The molecule has 2 saturated heterocycles. The maximum Gasteiger partial charge on any atom is 0.410 e. The summed E-state index contributed by atoms with van der Waals surface area (Å²) in [6.45, 7) is 8.48. The van der Waals surface area contributed by atoms with Crippen LogP contribution in [0, 0.1) is 5.82 Å². The number of ether oxygens (including phenoxy) is 3. The van der Waals surface area contributed by atoms with E-state index in [0.29, 0.717) is 55.9 Å². The van der Waals surface area contributed by atoms with Crippen LogP contribution in [-0.4, -0.2) is 72.9 Å². The van der Waals surface area contributed by atoms with Gasteiger partial charge >= 0.3 is 12.1 Å². The monoisotopic (exact) mass is 406 g/mol. The largest absolute Gasteiger partial charge is 0.462 e. The van der Waals surface area contributed by atoms with Crippen LogP contribution < -0.4 is 0 Å². The molecule has 0 aliphatic carbocycles. The molecule has 3 heterocycles. The Balaban J connectivity index is 1.43. The van der Waals surface area contributed by atoms with E-state index in [1.807, 2.05) is 20.8 Å². The maximum atomic E-state index is 15.1. The number of esters is 1. The maximum absolute atomic E-state index is 15.1. The van der Waals surface area contributed by atoms with Crippen molar-refractivity contribution in [3.8, 4) is 0 Å². The van der Waals surface area contributed by atoms with Crippen LogP contribution in [0.4, 0.5) is 9.18 Å². The van der Waals surface area contributed by atoms with Crippen LogP contribution in [0.15, 0.2) is 12.1 Å². The highest BCUT2D eigenvalue weighted by Gasteiger charge is 2.38. The molecule has 0 spiro atoms. The first kappa shape index (κ1) is 20.1. The standard InChI is InChI=1S/C21H27FN2O5/c1-21(2,3)29-20(26)24-8-7-23-11-17(28-12-13(23)10-24)16-5-4-15-14(18(16)22)6-9-27-19(15)25/h4-5,13,17H,6-12H2,1-3H3/t13-,17-/m0/s1. The number of morpholine rings is 1. The summed E-state index contributed by atoms with van der Waals surface area (Å²) in [4.78, 5) is 28.1. The molecule has 3 aliphatic rings. The number of nitrogens with zero attached hydrogens (tertiary/aromatic N) is 2. The second-order valence-corrected chi connectivity index (χ2v) is 8.78. The Kier molecular flexibility index (Phi) is 5.25. The quantitative estimate of drug-likeness (QED) is 0.668. The van der Waals surface area contributed by atoms with Crippen molar-refractivity contribution in [3.05, 3.63) is 34.6 Å². The Morgan fingerprint density at radius 1 is 1.24 bits per heavy atom.